The number of hydrogen-bond acceptors (Lipinski definition) is 7. The lowest BCUT2D eigenvalue weighted by Crippen LogP contribution is -2.31. The second-order valence-electron chi connectivity index (χ2n) is 11.6. The van der Waals surface area contributed by atoms with Crippen LogP contribution in [-0.2, 0) is 31.4 Å². The van der Waals surface area contributed by atoms with Crippen LogP contribution in [0, 0.1) is 35.1 Å². The molecule has 14 heteroatoms. The molecule has 6 aromatic rings. The predicted octanol–water partition coefficient (Wildman–Crippen LogP) is 5.84. The molecule has 50 heavy (non-hydrogen) atoms. The summed E-state index contributed by atoms with van der Waals surface area (Å²) < 4.78 is 75.0. The minimum atomic E-state index is -1.32. The Kier molecular flexibility index (Phi) is 8.73. The van der Waals surface area contributed by atoms with Crippen molar-refractivity contribution in [2.24, 2.45) is 7.05 Å². The zero-order valence-corrected chi connectivity index (χ0v) is 26.3. The Hall–Kier alpha value is -6.07. The molecular weight excluding hydrogens is 656 g/mol. The van der Waals surface area contributed by atoms with E-state index in [9.17, 15) is 18.7 Å². The Morgan fingerprint density at radius 3 is 2.54 bits per heavy atom. The number of carbonyl (C=O) groups is 1. The number of fused-ring (bicyclic) bond motifs is 1. The highest BCUT2D eigenvalue weighted by Gasteiger charge is 2.25. The summed E-state index contributed by atoms with van der Waals surface area (Å²) in [7, 11) is 1.79. The van der Waals surface area contributed by atoms with E-state index in [0.717, 1.165) is 36.2 Å². The number of aromatic nitrogens is 6. The van der Waals surface area contributed by atoms with Gasteiger partial charge < -0.3 is 19.1 Å². The molecule has 1 fully saturated rings. The van der Waals surface area contributed by atoms with Gasteiger partial charge in [0.2, 0.25) is 0 Å². The van der Waals surface area contributed by atoms with Crippen molar-refractivity contribution in [1.29, 1.82) is 0 Å². The lowest BCUT2D eigenvalue weighted by Gasteiger charge is -2.27. The molecule has 4 aromatic heterocycles. The number of nitrogens with zero attached hydrogens (tertiary/aromatic N) is 6. The van der Waals surface area contributed by atoms with Crippen LogP contribution in [-0.4, -0.2) is 53.1 Å². The number of pyridine rings is 2. The van der Waals surface area contributed by atoms with Gasteiger partial charge in [-0.05, 0) is 60.4 Å². The third-order valence-electron chi connectivity index (χ3n) is 8.13. The summed E-state index contributed by atoms with van der Waals surface area (Å²) in [5, 5.41) is 13.5. The topological polar surface area (TPSA) is 117 Å². The first kappa shape index (κ1) is 32.5. The smallest absolute Gasteiger partial charge is 0.335 e. The number of carboxylic acid groups (broad SMARTS) is 1. The van der Waals surface area contributed by atoms with Crippen LogP contribution in [0.15, 0.2) is 67.1 Å². The molecule has 1 N–H and O–H groups in total. The number of carboxylic acids is 1. The summed E-state index contributed by atoms with van der Waals surface area (Å²) in [6.45, 7) is 0.661. The molecule has 1 aliphatic rings. The summed E-state index contributed by atoms with van der Waals surface area (Å²) in [6.07, 6.45) is 5.19. The molecule has 0 saturated carbocycles. The second kappa shape index (κ2) is 13.4. The van der Waals surface area contributed by atoms with Gasteiger partial charge >= 0.3 is 5.97 Å². The third kappa shape index (κ3) is 6.76. The maximum absolute atomic E-state index is 15.6. The van der Waals surface area contributed by atoms with Crippen molar-refractivity contribution >= 4 is 17.0 Å². The fraction of sp³-hybridized carbons (Fsp3) is 0.194. The van der Waals surface area contributed by atoms with Crippen molar-refractivity contribution in [2.45, 2.75) is 32.1 Å². The normalized spacial score (nSPS) is 13.9. The van der Waals surface area contributed by atoms with Crippen LogP contribution >= 0.6 is 0 Å². The quantitative estimate of drug-likeness (QED) is 0.149. The predicted molar refractivity (Wildman–Crippen MR) is 171 cm³/mol. The summed E-state index contributed by atoms with van der Waals surface area (Å²) in [4.78, 5) is 24.3. The van der Waals surface area contributed by atoms with Crippen LogP contribution < -0.4 is 4.74 Å². The fourth-order valence-corrected chi connectivity index (χ4v) is 5.45. The van der Waals surface area contributed by atoms with Crippen LogP contribution in [0.3, 0.4) is 0 Å². The van der Waals surface area contributed by atoms with Gasteiger partial charge in [0.1, 0.15) is 35.3 Å². The molecule has 1 saturated heterocycles. The number of imidazole rings is 1. The number of hydrogen-bond donors (Lipinski definition) is 1. The van der Waals surface area contributed by atoms with Crippen LogP contribution in [0.4, 0.5) is 17.6 Å². The summed E-state index contributed by atoms with van der Waals surface area (Å²) >= 11 is 0. The standard InChI is InChI=1S/C36H26F4N6O4/c1-45-17-20(16-42-45)2-4-24-5-3-21(15-41-24)19-50-35-27(37)6-7-31(43-35)26-14-28(38)22(10-29(26)39)13-33-44-34-30(40)11-23(36(47)48)12-32(34)46(33)18-25-8-9-49-25/h3,5-7,10-12,14-17,25H,8-9,13,18-19H2,1H3,(H,47,48)/t25-/m0/s1. The van der Waals surface area contributed by atoms with E-state index in [4.69, 9.17) is 9.47 Å². The van der Waals surface area contributed by atoms with Gasteiger partial charge in [-0.3, -0.25) is 4.68 Å². The number of ether oxygens (including phenoxy) is 2. The lowest BCUT2D eigenvalue weighted by molar-refractivity contribution is -0.0589. The van der Waals surface area contributed by atoms with Crippen LogP contribution in [0.2, 0.25) is 0 Å². The van der Waals surface area contributed by atoms with Gasteiger partial charge in [-0.15, -0.1) is 0 Å². The van der Waals surface area contributed by atoms with Crippen molar-refractivity contribution in [3.63, 3.8) is 0 Å². The maximum Gasteiger partial charge on any atom is 0.335 e. The molecule has 0 aliphatic carbocycles. The molecule has 0 unspecified atom stereocenters. The van der Waals surface area contributed by atoms with E-state index in [0.29, 0.717) is 17.9 Å². The molecule has 10 nitrogen and oxygen atoms in total. The number of halogens is 4. The van der Waals surface area contributed by atoms with E-state index in [2.05, 4.69) is 31.9 Å². The highest BCUT2D eigenvalue weighted by Crippen LogP contribution is 2.30. The van der Waals surface area contributed by atoms with Crippen molar-refractivity contribution in [2.75, 3.05) is 6.61 Å². The minimum absolute atomic E-state index is 0.0684. The Labute approximate surface area is 282 Å². The Balaban J connectivity index is 1.10. The molecule has 1 atom stereocenters. The first-order valence-electron chi connectivity index (χ1n) is 15.4. The van der Waals surface area contributed by atoms with E-state index in [-0.39, 0.29) is 64.9 Å². The van der Waals surface area contributed by atoms with Crippen LogP contribution in [0.25, 0.3) is 22.3 Å². The van der Waals surface area contributed by atoms with Crippen molar-refractivity contribution in [1.82, 2.24) is 29.3 Å². The summed E-state index contributed by atoms with van der Waals surface area (Å²) in [6, 6.07) is 9.72. The van der Waals surface area contributed by atoms with E-state index in [1.807, 2.05) is 0 Å². The molecule has 0 spiro atoms. The average molecular weight is 683 g/mol. The molecule has 252 valence electrons. The Bertz CT molecular complexity index is 2320. The van der Waals surface area contributed by atoms with E-state index in [1.165, 1.54) is 18.3 Å². The lowest BCUT2D eigenvalue weighted by atomic mass is 10.0. The number of aryl methyl sites for hydroxylation is 1. The second-order valence-corrected chi connectivity index (χ2v) is 11.6. The molecule has 0 bridgehead atoms. The number of rotatable bonds is 9. The first-order chi connectivity index (χ1) is 24.1. The molecule has 0 radical (unpaired) electrons. The molecule has 1 aliphatic heterocycles. The largest absolute Gasteiger partial charge is 0.478 e. The SMILES string of the molecule is Cn1cc(C#Cc2ccc(COc3nc(-c4cc(F)c(Cc5nc6c(F)cc(C(=O)O)cc6n5C[C@@H]5CCO5)cc4F)ccc3F)cn2)cn1. The Morgan fingerprint density at radius 1 is 1.00 bits per heavy atom. The van der Waals surface area contributed by atoms with E-state index >= 15 is 8.78 Å². The monoisotopic (exact) mass is 682 g/mol. The molecule has 7 rings (SSSR count). The maximum atomic E-state index is 15.6. The Morgan fingerprint density at radius 2 is 1.84 bits per heavy atom. The summed E-state index contributed by atoms with van der Waals surface area (Å²) in [5.74, 6) is 1.04. The van der Waals surface area contributed by atoms with Gasteiger partial charge in [0.05, 0.1) is 41.2 Å². The van der Waals surface area contributed by atoms with Gasteiger partial charge in [-0.1, -0.05) is 12.0 Å². The van der Waals surface area contributed by atoms with Crippen molar-refractivity contribution in [3.8, 4) is 29.0 Å². The van der Waals surface area contributed by atoms with Crippen LogP contribution in [0.1, 0.15) is 45.0 Å². The zero-order valence-electron chi connectivity index (χ0n) is 26.3. The molecule has 0 amide bonds. The molecule has 5 heterocycles. The third-order valence-corrected chi connectivity index (χ3v) is 8.13. The fourth-order valence-electron chi connectivity index (χ4n) is 5.45. The highest BCUT2D eigenvalue weighted by atomic mass is 19.1. The van der Waals surface area contributed by atoms with Crippen molar-refractivity contribution in [3.05, 3.63) is 124 Å². The first-order valence-corrected chi connectivity index (χ1v) is 15.4. The highest BCUT2D eigenvalue weighted by molar-refractivity contribution is 5.92. The molecule has 2 aromatic carbocycles. The van der Waals surface area contributed by atoms with Gasteiger partial charge in [0.25, 0.3) is 5.88 Å². The number of aromatic carboxylic acids is 1. The van der Waals surface area contributed by atoms with Crippen molar-refractivity contribution < 1.29 is 36.9 Å². The van der Waals surface area contributed by atoms with E-state index < -0.39 is 35.1 Å². The minimum Gasteiger partial charge on any atom is -0.478 e. The van der Waals surface area contributed by atoms with E-state index in [1.54, 1.807) is 40.8 Å². The average Bonchev–Trinajstić information content (AvgIpc) is 3.66. The van der Waals surface area contributed by atoms with Gasteiger partial charge in [0, 0.05) is 43.6 Å². The van der Waals surface area contributed by atoms with Crippen LogP contribution in [0.5, 0.6) is 5.88 Å². The molecular formula is C36H26F4N6O4. The zero-order chi connectivity index (χ0) is 34.9. The van der Waals surface area contributed by atoms with Gasteiger partial charge in [-0.2, -0.15) is 5.10 Å². The van der Waals surface area contributed by atoms with Gasteiger partial charge in [0.15, 0.2) is 11.6 Å². The van der Waals surface area contributed by atoms with Gasteiger partial charge in [-0.25, -0.2) is 37.3 Å². The number of benzene rings is 2. The summed E-state index contributed by atoms with van der Waals surface area (Å²) in [5.41, 5.74) is 1.29.